The average Bonchev–Trinajstić information content (AvgIpc) is 2.53. The number of hydrogen-bond donors (Lipinski definition) is 0. The van der Waals surface area contributed by atoms with Crippen molar-refractivity contribution >= 4 is 6.21 Å². The molecule has 0 N–H and O–H groups in total. The summed E-state index contributed by atoms with van der Waals surface area (Å²) in [6.07, 6.45) is 21.2. The summed E-state index contributed by atoms with van der Waals surface area (Å²) in [5.74, 6) is 0. The number of rotatable bonds is 8. The fourth-order valence-electron chi connectivity index (χ4n) is 3.18. The van der Waals surface area contributed by atoms with Crippen LogP contribution < -0.4 is 0 Å². The van der Waals surface area contributed by atoms with Crippen LogP contribution in [0.2, 0.25) is 0 Å². The van der Waals surface area contributed by atoms with E-state index in [0.717, 1.165) is 6.54 Å². The Balaban J connectivity index is 2.63. The Labute approximate surface area is 156 Å². The monoisotopic (exact) mass is 339 g/mol. The molecular weight excluding hydrogens is 302 g/mol. The molecule has 1 heteroatoms. The molecule has 0 bridgehead atoms. The lowest BCUT2D eigenvalue weighted by molar-refractivity contribution is 0.377. The summed E-state index contributed by atoms with van der Waals surface area (Å²) in [6, 6.07) is 0. The molecule has 0 heterocycles. The first kappa shape index (κ1) is 21.4. The summed E-state index contributed by atoms with van der Waals surface area (Å²) in [4.78, 5) is 4.38. The average molecular weight is 340 g/mol. The molecule has 0 aromatic heterocycles. The van der Waals surface area contributed by atoms with Crippen LogP contribution in [0.5, 0.6) is 0 Å². The van der Waals surface area contributed by atoms with Gasteiger partial charge in [0.25, 0.3) is 0 Å². The molecule has 0 saturated heterocycles. The second-order valence-corrected chi connectivity index (χ2v) is 7.85. The molecule has 138 valence electrons. The van der Waals surface area contributed by atoms with E-state index >= 15 is 0 Å². The van der Waals surface area contributed by atoms with Crippen LogP contribution in [0.3, 0.4) is 0 Å². The van der Waals surface area contributed by atoms with Crippen molar-refractivity contribution in [3.63, 3.8) is 0 Å². The molecule has 1 nitrogen and oxygen atoms in total. The number of hydrogen-bond acceptors (Lipinski definition) is 1. The lowest BCUT2D eigenvalue weighted by atomic mass is 9.72. The van der Waals surface area contributed by atoms with Crippen molar-refractivity contribution in [3.05, 3.63) is 58.7 Å². The maximum Gasteiger partial charge on any atom is 0.0389 e. The Morgan fingerprint density at radius 2 is 1.84 bits per heavy atom. The van der Waals surface area contributed by atoms with Gasteiger partial charge in [-0.3, -0.25) is 4.99 Å². The van der Waals surface area contributed by atoms with Gasteiger partial charge in [-0.05, 0) is 69.1 Å². The van der Waals surface area contributed by atoms with Crippen molar-refractivity contribution in [2.24, 2.45) is 10.4 Å². The van der Waals surface area contributed by atoms with Crippen LogP contribution in [0.4, 0.5) is 0 Å². The highest BCUT2D eigenvalue weighted by molar-refractivity contribution is 5.72. The first-order valence-electron chi connectivity index (χ1n) is 9.77. The third kappa shape index (κ3) is 8.34. The molecule has 0 unspecified atom stereocenters. The van der Waals surface area contributed by atoms with Crippen molar-refractivity contribution in [2.75, 3.05) is 6.54 Å². The van der Waals surface area contributed by atoms with Crippen LogP contribution in [-0.2, 0) is 0 Å². The predicted octanol–water partition coefficient (Wildman–Crippen LogP) is 7.39. The lowest BCUT2D eigenvalue weighted by Crippen LogP contribution is -2.19. The Bertz CT molecular complexity index is 592. The zero-order valence-corrected chi connectivity index (χ0v) is 17.2. The summed E-state index contributed by atoms with van der Waals surface area (Å²) < 4.78 is 0. The van der Waals surface area contributed by atoms with E-state index in [1.165, 1.54) is 48.8 Å². The topological polar surface area (TPSA) is 12.4 Å². The van der Waals surface area contributed by atoms with E-state index in [9.17, 15) is 0 Å². The molecule has 0 aliphatic heterocycles. The van der Waals surface area contributed by atoms with E-state index in [1.54, 1.807) is 5.57 Å². The van der Waals surface area contributed by atoms with Crippen molar-refractivity contribution in [1.82, 2.24) is 0 Å². The SMILES string of the molecule is CCCCN=C/C=C(C)/C=C/C=C(C)\C=C\C1=C(C)CCCC1(C)C. The van der Waals surface area contributed by atoms with E-state index in [2.05, 4.69) is 83.0 Å². The second kappa shape index (κ2) is 11.1. The summed E-state index contributed by atoms with van der Waals surface area (Å²) in [7, 11) is 0. The molecule has 0 aromatic rings. The summed E-state index contributed by atoms with van der Waals surface area (Å²) in [6.45, 7) is 14.4. The predicted molar refractivity (Wildman–Crippen MR) is 114 cm³/mol. The van der Waals surface area contributed by atoms with Crippen LogP contribution in [0.25, 0.3) is 0 Å². The molecule has 1 aliphatic carbocycles. The quantitative estimate of drug-likeness (QED) is 0.248. The maximum atomic E-state index is 4.38. The van der Waals surface area contributed by atoms with Crippen LogP contribution in [0.1, 0.15) is 73.6 Å². The van der Waals surface area contributed by atoms with Gasteiger partial charge < -0.3 is 0 Å². The van der Waals surface area contributed by atoms with Gasteiger partial charge in [0.2, 0.25) is 0 Å². The Morgan fingerprint density at radius 3 is 2.52 bits per heavy atom. The molecule has 0 radical (unpaired) electrons. The maximum absolute atomic E-state index is 4.38. The first-order valence-corrected chi connectivity index (χ1v) is 9.77. The van der Waals surface area contributed by atoms with Gasteiger partial charge in [0.15, 0.2) is 0 Å². The summed E-state index contributed by atoms with van der Waals surface area (Å²) in [5, 5.41) is 0. The van der Waals surface area contributed by atoms with Crippen molar-refractivity contribution in [2.45, 2.75) is 73.6 Å². The zero-order chi connectivity index (χ0) is 18.7. The first-order chi connectivity index (χ1) is 11.9. The van der Waals surface area contributed by atoms with Gasteiger partial charge >= 0.3 is 0 Å². The minimum atomic E-state index is 0.311. The summed E-state index contributed by atoms with van der Waals surface area (Å²) in [5.41, 5.74) is 5.89. The van der Waals surface area contributed by atoms with Gasteiger partial charge in [-0.15, -0.1) is 0 Å². The van der Waals surface area contributed by atoms with Gasteiger partial charge in [0, 0.05) is 12.8 Å². The molecule has 0 fully saturated rings. The second-order valence-electron chi connectivity index (χ2n) is 7.85. The van der Waals surface area contributed by atoms with E-state index < -0.39 is 0 Å². The van der Waals surface area contributed by atoms with Crippen LogP contribution in [0, 0.1) is 5.41 Å². The number of unbranched alkanes of at least 4 members (excludes halogenated alkanes) is 1. The van der Waals surface area contributed by atoms with Crippen molar-refractivity contribution in [3.8, 4) is 0 Å². The van der Waals surface area contributed by atoms with Crippen LogP contribution >= 0.6 is 0 Å². The van der Waals surface area contributed by atoms with E-state index in [-0.39, 0.29) is 0 Å². The molecule has 0 atom stereocenters. The van der Waals surface area contributed by atoms with Crippen LogP contribution in [-0.4, -0.2) is 12.8 Å². The van der Waals surface area contributed by atoms with E-state index in [1.807, 2.05) is 6.21 Å². The fourth-order valence-corrected chi connectivity index (χ4v) is 3.18. The largest absolute Gasteiger partial charge is 0.293 e. The Kier molecular flexibility index (Phi) is 9.49. The number of nitrogens with zero attached hydrogens (tertiary/aromatic N) is 1. The molecule has 0 spiro atoms. The molecule has 1 rings (SSSR count). The smallest absolute Gasteiger partial charge is 0.0389 e. The minimum absolute atomic E-state index is 0.311. The highest BCUT2D eigenvalue weighted by Crippen LogP contribution is 2.40. The molecule has 0 amide bonds. The minimum Gasteiger partial charge on any atom is -0.293 e. The third-order valence-corrected chi connectivity index (χ3v) is 4.86. The van der Waals surface area contributed by atoms with Gasteiger partial charge in [0.05, 0.1) is 0 Å². The van der Waals surface area contributed by atoms with Crippen LogP contribution in [0.15, 0.2) is 63.7 Å². The lowest BCUT2D eigenvalue weighted by Gasteiger charge is -2.32. The third-order valence-electron chi connectivity index (χ3n) is 4.86. The van der Waals surface area contributed by atoms with E-state index in [4.69, 9.17) is 0 Å². The van der Waals surface area contributed by atoms with Crippen molar-refractivity contribution < 1.29 is 0 Å². The molecular formula is C24H37N. The van der Waals surface area contributed by atoms with Crippen molar-refractivity contribution in [1.29, 1.82) is 0 Å². The molecule has 1 aliphatic rings. The fraction of sp³-hybridized carbons (Fsp3) is 0.542. The highest BCUT2D eigenvalue weighted by Gasteiger charge is 2.26. The molecule has 25 heavy (non-hydrogen) atoms. The highest BCUT2D eigenvalue weighted by atomic mass is 14.7. The number of aliphatic imine (C=N–C) groups is 1. The Morgan fingerprint density at radius 1 is 1.12 bits per heavy atom. The van der Waals surface area contributed by atoms with Gasteiger partial charge in [-0.25, -0.2) is 0 Å². The summed E-state index contributed by atoms with van der Waals surface area (Å²) >= 11 is 0. The number of allylic oxidation sites excluding steroid dienone is 10. The van der Waals surface area contributed by atoms with E-state index in [0.29, 0.717) is 5.41 Å². The molecule has 0 aromatic carbocycles. The standard InChI is InChI=1S/C24H37N/c1-7-8-18-25-19-16-21(3)12-9-11-20(2)14-15-23-22(4)13-10-17-24(23,5)6/h9,11-12,14-16,19H,7-8,10,13,17-18H2,1-6H3/b12-9+,15-14+,20-11-,21-16+,25-19?. The van der Waals surface area contributed by atoms with Gasteiger partial charge in [-0.2, -0.15) is 0 Å². The van der Waals surface area contributed by atoms with Gasteiger partial charge in [0.1, 0.15) is 0 Å². The normalized spacial score (nSPS) is 19.8. The van der Waals surface area contributed by atoms with Gasteiger partial charge in [-0.1, -0.05) is 68.7 Å². The molecule has 0 saturated carbocycles. The zero-order valence-electron chi connectivity index (χ0n) is 17.2. The Hall–Kier alpha value is -1.63.